The van der Waals surface area contributed by atoms with E-state index in [-0.39, 0.29) is 23.0 Å². The molecule has 0 radical (unpaired) electrons. The molecule has 0 bridgehead atoms. The number of hydrogen-bond acceptors (Lipinski definition) is 4. The molecule has 4 heteroatoms. The van der Waals surface area contributed by atoms with Crippen LogP contribution in [0.2, 0.25) is 0 Å². The topological polar surface area (TPSA) is 80.9 Å². The molecule has 0 heterocycles. The van der Waals surface area contributed by atoms with Crippen LogP contribution < -0.4 is 0 Å². The van der Waals surface area contributed by atoms with Crippen LogP contribution >= 0.6 is 0 Å². The van der Waals surface area contributed by atoms with E-state index >= 15 is 0 Å². The predicted molar refractivity (Wildman–Crippen MR) is 89.7 cm³/mol. The van der Waals surface area contributed by atoms with Gasteiger partial charge in [0.05, 0.1) is 0 Å². The average molecular weight is 310 g/mol. The van der Waals surface area contributed by atoms with Gasteiger partial charge in [0.2, 0.25) is 0 Å². The first-order valence-electron chi connectivity index (χ1n) is 7.03. The van der Waals surface area contributed by atoms with Crippen LogP contribution in [0.15, 0.2) is 66.7 Å². The van der Waals surface area contributed by atoms with Crippen LogP contribution in [0, 0.1) is 6.92 Å². The summed E-state index contributed by atoms with van der Waals surface area (Å²) in [6.07, 6.45) is 0. The molecule has 0 aromatic heterocycles. The summed E-state index contributed by atoms with van der Waals surface area (Å²) in [4.78, 5) is 0. The molecular formula is C19H18O4. The van der Waals surface area contributed by atoms with E-state index < -0.39 is 0 Å². The molecule has 0 saturated heterocycles. The van der Waals surface area contributed by atoms with E-state index in [0.717, 1.165) is 5.56 Å². The third kappa shape index (κ3) is 4.41. The fraction of sp³-hybridized carbons (Fsp3) is 0.0526. The van der Waals surface area contributed by atoms with Crippen LogP contribution in [0.25, 0.3) is 11.1 Å². The number of rotatable bonds is 1. The van der Waals surface area contributed by atoms with Gasteiger partial charge in [-0.2, -0.15) is 0 Å². The van der Waals surface area contributed by atoms with Crippen molar-refractivity contribution in [3.63, 3.8) is 0 Å². The number of hydrogen-bond donors (Lipinski definition) is 4. The van der Waals surface area contributed by atoms with Gasteiger partial charge in [-0.1, -0.05) is 30.3 Å². The monoisotopic (exact) mass is 310 g/mol. The summed E-state index contributed by atoms with van der Waals surface area (Å²) in [6, 6.07) is 18.4. The number of phenolic OH excluding ortho intramolecular Hbond substituents is 4. The molecule has 4 N–H and O–H groups in total. The van der Waals surface area contributed by atoms with Gasteiger partial charge in [0.15, 0.2) is 0 Å². The zero-order valence-corrected chi connectivity index (χ0v) is 12.6. The van der Waals surface area contributed by atoms with Crippen LogP contribution in [0.3, 0.4) is 0 Å². The normalized spacial score (nSPS) is 9.78. The maximum Gasteiger partial charge on any atom is 0.123 e. The second-order valence-electron chi connectivity index (χ2n) is 5.04. The smallest absolute Gasteiger partial charge is 0.123 e. The van der Waals surface area contributed by atoms with E-state index in [2.05, 4.69) is 0 Å². The highest BCUT2D eigenvalue weighted by atomic mass is 16.3. The lowest BCUT2D eigenvalue weighted by Gasteiger charge is -2.04. The third-order valence-corrected chi connectivity index (χ3v) is 3.25. The Kier molecular flexibility index (Phi) is 5.10. The van der Waals surface area contributed by atoms with Gasteiger partial charge >= 0.3 is 0 Å². The second-order valence-corrected chi connectivity index (χ2v) is 5.04. The SMILES string of the molecule is Cc1cc(O)ccc1O.Oc1ccc(O)c(-c2ccccc2)c1. The van der Waals surface area contributed by atoms with Crippen molar-refractivity contribution in [3.8, 4) is 34.1 Å². The first-order chi connectivity index (χ1) is 11.0. The summed E-state index contributed by atoms with van der Waals surface area (Å²) in [6.45, 7) is 1.73. The molecule has 0 saturated carbocycles. The van der Waals surface area contributed by atoms with E-state index in [0.29, 0.717) is 11.1 Å². The lowest BCUT2D eigenvalue weighted by molar-refractivity contribution is 0.456. The quantitative estimate of drug-likeness (QED) is 0.508. The van der Waals surface area contributed by atoms with Gasteiger partial charge < -0.3 is 20.4 Å². The molecule has 4 nitrogen and oxygen atoms in total. The first-order valence-corrected chi connectivity index (χ1v) is 7.03. The van der Waals surface area contributed by atoms with Crippen molar-refractivity contribution in [2.75, 3.05) is 0 Å². The highest BCUT2D eigenvalue weighted by molar-refractivity contribution is 5.71. The first kappa shape index (κ1) is 16.2. The maximum absolute atomic E-state index is 9.58. The maximum atomic E-state index is 9.58. The molecule has 118 valence electrons. The van der Waals surface area contributed by atoms with Crippen LogP contribution in [0.5, 0.6) is 23.0 Å². The van der Waals surface area contributed by atoms with Gasteiger partial charge in [-0.15, -0.1) is 0 Å². The standard InChI is InChI=1S/C12H10O2.C7H8O2/c13-10-6-7-12(14)11(8-10)9-4-2-1-3-5-9;1-5-4-6(8)2-3-7(5)9/h1-8,13-14H;2-4,8-9H,1H3. The van der Waals surface area contributed by atoms with E-state index in [1.54, 1.807) is 13.0 Å². The Labute approximate surface area is 134 Å². The highest BCUT2D eigenvalue weighted by Crippen LogP contribution is 2.31. The molecule has 3 aromatic rings. The van der Waals surface area contributed by atoms with E-state index in [1.165, 1.54) is 30.3 Å². The minimum Gasteiger partial charge on any atom is -0.508 e. The van der Waals surface area contributed by atoms with Crippen LogP contribution in [-0.2, 0) is 0 Å². The summed E-state index contributed by atoms with van der Waals surface area (Å²) in [7, 11) is 0. The van der Waals surface area contributed by atoms with E-state index in [4.69, 9.17) is 10.2 Å². The number of benzene rings is 3. The molecule has 0 spiro atoms. The van der Waals surface area contributed by atoms with Crippen molar-refractivity contribution in [2.24, 2.45) is 0 Å². The molecule has 23 heavy (non-hydrogen) atoms. The Morgan fingerprint density at radius 2 is 1.17 bits per heavy atom. The predicted octanol–water partition coefficient (Wildman–Crippen LogP) is 4.17. The zero-order valence-electron chi connectivity index (χ0n) is 12.6. The third-order valence-electron chi connectivity index (χ3n) is 3.25. The molecular weight excluding hydrogens is 292 g/mol. The Morgan fingerprint density at radius 3 is 1.74 bits per heavy atom. The van der Waals surface area contributed by atoms with Gasteiger partial charge in [0.1, 0.15) is 23.0 Å². The van der Waals surface area contributed by atoms with Crippen molar-refractivity contribution in [1.29, 1.82) is 0 Å². The molecule has 3 rings (SSSR count). The second kappa shape index (κ2) is 7.22. The minimum atomic E-state index is 0.154. The minimum absolute atomic E-state index is 0.154. The number of aryl methyl sites for hydroxylation is 1. The molecule has 0 unspecified atom stereocenters. The molecule has 0 aliphatic heterocycles. The number of phenols is 4. The fourth-order valence-electron chi connectivity index (χ4n) is 2.01. The molecule has 0 aliphatic carbocycles. The lowest BCUT2D eigenvalue weighted by Crippen LogP contribution is -1.78. The molecule has 0 amide bonds. The Morgan fingerprint density at radius 1 is 0.609 bits per heavy atom. The van der Waals surface area contributed by atoms with Crippen LogP contribution in [-0.4, -0.2) is 20.4 Å². The highest BCUT2D eigenvalue weighted by Gasteiger charge is 2.03. The van der Waals surface area contributed by atoms with Crippen molar-refractivity contribution in [3.05, 3.63) is 72.3 Å². The Hall–Kier alpha value is -3.14. The molecule has 0 atom stereocenters. The van der Waals surface area contributed by atoms with Crippen molar-refractivity contribution >= 4 is 0 Å². The van der Waals surface area contributed by atoms with E-state index in [1.807, 2.05) is 30.3 Å². The lowest BCUT2D eigenvalue weighted by atomic mass is 10.0. The summed E-state index contributed by atoms with van der Waals surface area (Å²) in [5, 5.41) is 36.6. The largest absolute Gasteiger partial charge is 0.508 e. The molecule has 3 aromatic carbocycles. The van der Waals surface area contributed by atoms with Crippen molar-refractivity contribution < 1.29 is 20.4 Å². The zero-order chi connectivity index (χ0) is 16.8. The van der Waals surface area contributed by atoms with Crippen LogP contribution in [0.4, 0.5) is 0 Å². The Bertz CT molecular complexity index is 783. The summed E-state index contributed by atoms with van der Waals surface area (Å²) in [5.41, 5.74) is 2.22. The summed E-state index contributed by atoms with van der Waals surface area (Å²) >= 11 is 0. The average Bonchev–Trinajstić information content (AvgIpc) is 2.55. The number of aromatic hydroxyl groups is 4. The van der Waals surface area contributed by atoms with Gasteiger partial charge in [-0.3, -0.25) is 0 Å². The summed E-state index contributed by atoms with van der Waals surface area (Å²) in [5.74, 6) is 0.730. The van der Waals surface area contributed by atoms with Gasteiger partial charge in [0.25, 0.3) is 0 Å². The molecule has 0 fully saturated rings. The Balaban J connectivity index is 0.000000185. The van der Waals surface area contributed by atoms with Gasteiger partial charge in [0, 0.05) is 5.56 Å². The van der Waals surface area contributed by atoms with Crippen molar-refractivity contribution in [1.82, 2.24) is 0 Å². The van der Waals surface area contributed by atoms with Gasteiger partial charge in [-0.25, -0.2) is 0 Å². The van der Waals surface area contributed by atoms with E-state index in [9.17, 15) is 10.2 Å². The fourth-order valence-corrected chi connectivity index (χ4v) is 2.01. The van der Waals surface area contributed by atoms with Crippen molar-refractivity contribution in [2.45, 2.75) is 6.92 Å². The van der Waals surface area contributed by atoms with Crippen LogP contribution in [0.1, 0.15) is 5.56 Å². The van der Waals surface area contributed by atoms with Gasteiger partial charge in [-0.05, 0) is 54.4 Å². The molecule has 0 aliphatic rings. The summed E-state index contributed by atoms with van der Waals surface area (Å²) < 4.78 is 0.